The van der Waals surface area contributed by atoms with Gasteiger partial charge in [-0.15, -0.1) is 0 Å². The quantitative estimate of drug-likeness (QED) is 0.556. The van der Waals surface area contributed by atoms with Crippen molar-refractivity contribution in [2.24, 2.45) is 5.84 Å². The first-order chi connectivity index (χ1) is 8.90. The first-order valence-electron chi connectivity index (χ1n) is 5.72. The van der Waals surface area contributed by atoms with Crippen LogP contribution in [0.15, 0.2) is 12.1 Å². The lowest BCUT2D eigenvalue weighted by atomic mass is 10.2. The van der Waals surface area contributed by atoms with E-state index in [0.717, 1.165) is 24.3 Å². The molecule has 0 aliphatic rings. The fourth-order valence-corrected chi connectivity index (χ4v) is 2.24. The second kappa shape index (κ2) is 6.85. The number of rotatable bonds is 6. The third-order valence-electron chi connectivity index (χ3n) is 2.51. The van der Waals surface area contributed by atoms with E-state index in [4.69, 9.17) is 5.84 Å². The van der Waals surface area contributed by atoms with Gasteiger partial charge in [-0.2, -0.15) is 24.9 Å². The van der Waals surface area contributed by atoms with E-state index < -0.39 is 11.7 Å². The molecule has 8 heteroatoms. The summed E-state index contributed by atoms with van der Waals surface area (Å²) in [6.45, 7) is 1.96. The Bertz CT molecular complexity index is 411. The number of nitrogens with one attached hydrogen (secondary N) is 2. The molecule has 0 spiro atoms. The molecule has 0 aromatic carbocycles. The number of hydrazine groups is 1. The average Bonchev–Trinajstić information content (AvgIpc) is 2.36. The monoisotopic (exact) mass is 294 g/mol. The summed E-state index contributed by atoms with van der Waals surface area (Å²) in [5.41, 5.74) is 1.37. The number of pyridine rings is 1. The van der Waals surface area contributed by atoms with Crippen molar-refractivity contribution in [1.29, 1.82) is 0 Å². The van der Waals surface area contributed by atoms with Crippen LogP contribution < -0.4 is 16.6 Å². The van der Waals surface area contributed by atoms with Gasteiger partial charge in [-0.05, 0) is 24.8 Å². The van der Waals surface area contributed by atoms with Crippen LogP contribution in [-0.4, -0.2) is 23.0 Å². The normalized spacial score (nSPS) is 13.2. The van der Waals surface area contributed by atoms with Gasteiger partial charge >= 0.3 is 6.18 Å². The maximum Gasteiger partial charge on any atom is 0.416 e. The molecule has 1 aromatic heterocycles. The van der Waals surface area contributed by atoms with Gasteiger partial charge in [0.25, 0.3) is 0 Å². The highest BCUT2D eigenvalue weighted by atomic mass is 32.2. The molecule has 0 radical (unpaired) electrons. The molecule has 108 valence electrons. The minimum absolute atomic E-state index is 0.0173. The minimum atomic E-state index is -4.42. The van der Waals surface area contributed by atoms with Gasteiger partial charge in [-0.1, -0.05) is 6.92 Å². The molecule has 0 saturated carbocycles. The lowest BCUT2D eigenvalue weighted by Gasteiger charge is -2.18. The van der Waals surface area contributed by atoms with Crippen LogP contribution in [0.25, 0.3) is 0 Å². The van der Waals surface area contributed by atoms with Gasteiger partial charge in [-0.25, -0.2) is 10.8 Å². The summed E-state index contributed by atoms with van der Waals surface area (Å²) >= 11 is 1.62. The van der Waals surface area contributed by atoms with Crippen LogP contribution >= 0.6 is 11.8 Å². The third-order valence-corrected chi connectivity index (χ3v) is 3.25. The Hall–Kier alpha value is -1.15. The number of alkyl halides is 3. The Balaban J connectivity index is 3.00. The number of nitrogens with two attached hydrogens (primary N) is 1. The lowest BCUT2D eigenvalue weighted by Crippen LogP contribution is -2.23. The van der Waals surface area contributed by atoms with Crippen LogP contribution in [-0.2, 0) is 6.18 Å². The molecule has 1 aromatic rings. The van der Waals surface area contributed by atoms with Gasteiger partial charge in [0.15, 0.2) is 0 Å². The molecule has 4 N–H and O–H groups in total. The molecule has 0 saturated heterocycles. The molecule has 0 aliphatic carbocycles. The second-order valence-electron chi connectivity index (χ2n) is 3.97. The number of halogens is 3. The Morgan fingerprint density at radius 3 is 2.47 bits per heavy atom. The standard InChI is InChI=1S/C11H17F3N4S/c1-3-8(6-19-2)16-9-4-7(11(12,13)14)5-10(17-9)18-15/h4-5,8H,3,6,15H2,1-2H3,(H2,16,17,18). The Morgan fingerprint density at radius 1 is 1.37 bits per heavy atom. The van der Waals surface area contributed by atoms with Crippen molar-refractivity contribution in [2.75, 3.05) is 22.8 Å². The van der Waals surface area contributed by atoms with E-state index in [1.165, 1.54) is 0 Å². The molecule has 0 bridgehead atoms. The highest BCUT2D eigenvalue weighted by molar-refractivity contribution is 7.98. The summed E-state index contributed by atoms with van der Waals surface area (Å²) in [5, 5.41) is 2.99. The SMILES string of the molecule is CCC(CSC)Nc1cc(C(F)(F)F)cc(NN)n1. The Labute approximate surface area is 114 Å². The third kappa shape index (κ3) is 4.79. The molecule has 1 rings (SSSR count). The highest BCUT2D eigenvalue weighted by Gasteiger charge is 2.31. The van der Waals surface area contributed by atoms with Gasteiger partial charge in [0.05, 0.1) is 5.56 Å². The van der Waals surface area contributed by atoms with E-state index >= 15 is 0 Å². The van der Waals surface area contributed by atoms with E-state index in [0.29, 0.717) is 0 Å². The first-order valence-corrected chi connectivity index (χ1v) is 7.11. The van der Waals surface area contributed by atoms with E-state index in [2.05, 4.69) is 15.7 Å². The smallest absolute Gasteiger partial charge is 0.366 e. The maximum absolute atomic E-state index is 12.7. The number of thioether (sulfide) groups is 1. The summed E-state index contributed by atoms with van der Waals surface area (Å²) in [5.74, 6) is 6.09. The minimum Gasteiger partial charge on any atom is -0.366 e. The molecular formula is C11H17F3N4S. The van der Waals surface area contributed by atoms with E-state index in [1.54, 1.807) is 11.8 Å². The predicted octanol–water partition coefficient (Wildman–Crippen LogP) is 2.94. The zero-order chi connectivity index (χ0) is 14.5. The molecule has 4 nitrogen and oxygen atoms in total. The van der Waals surface area contributed by atoms with Crippen LogP contribution in [0.2, 0.25) is 0 Å². The van der Waals surface area contributed by atoms with Crippen molar-refractivity contribution in [2.45, 2.75) is 25.6 Å². The summed E-state index contributed by atoms with van der Waals surface area (Å²) < 4.78 is 38.2. The van der Waals surface area contributed by atoms with E-state index in [-0.39, 0.29) is 17.7 Å². The molecule has 0 aliphatic heterocycles. The van der Waals surface area contributed by atoms with Gasteiger partial charge in [0, 0.05) is 11.8 Å². The van der Waals surface area contributed by atoms with Gasteiger partial charge in [-0.3, -0.25) is 0 Å². The van der Waals surface area contributed by atoms with E-state index in [9.17, 15) is 13.2 Å². The van der Waals surface area contributed by atoms with Gasteiger partial charge in [0.1, 0.15) is 11.6 Å². The van der Waals surface area contributed by atoms with Gasteiger partial charge in [0.2, 0.25) is 0 Å². The van der Waals surface area contributed by atoms with E-state index in [1.807, 2.05) is 13.2 Å². The number of hydrogen-bond donors (Lipinski definition) is 3. The van der Waals surface area contributed by atoms with Crippen molar-refractivity contribution in [3.63, 3.8) is 0 Å². The Morgan fingerprint density at radius 2 is 2.00 bits per heavy atom. The fourth-order valence-electron chi connectivity index (χ4n) is 1.51. The van der Waals surface area contributed by atoms with Gasteiger partial charge < -0.3 is 10.7 Å². The number of hydrogen-bond acceptors (Lipinski definition) is 5. The van der Waals surface area contributed by atoms with Crippen LogP contribution in [0.3, 0.4) is 0 Å². The summed E-state index contributed by atoms with van der Waals surface area (Å²) in [6.07, 6.45) is -1.69. The molecule has 0 fully saturated rings. The van der Waals surface area contributed by atoms with Crippen molar-refractivity contribution < 1.29 is 13.2 Å². The Kier molecular flexibility index (Phi) is 5.74. The van der Waals surface area contributed by atoms with Crippen molar-refractivity contribution >= 4 is 23.4 Å². The van der Waals surface area contributed by atoms with Crippen molar-refractivity contribution in [3.8, 4) is 0 Å². The second-order valence-corrected chi connectivity index (χ2v) is 4.88. The molecule has 0 amide bonds. The zero-order valence-corrected chi connectivity index (χ0v) is 11.5. The predicted molar refractivity (Wildman–Crippen MR) is 73.1 cm³/mol. The molecule has 1 unspecified atom stereocenters. The fraction of sp³-hybridized carbons (Fsp3) is 0.545. The first kappa shape index (κ1) is 15.9. The van der Waals surface area contributed by atoms with Crippen LogP contribution in [0, 0.1) is 0 Å². The summed E-state index contributed by atoms with van der Waals surface area (Å²) in [6, 6.07) is 1.93. The molecular weight excluding hydrogens is 277 g/mol. The number of anilines is 2. The topological polar surface area (TPSA) is 63.0 Å². The molecule has 19 heavy (non-hydrogen) atoms. The largest absolute Gasteiger partial charge is 0.416 e. The zero-order valence-electron chi connectivity index (χ0n) is 10.7. The van der Waals surface area contributed by atoms with Crippen LogP contribution in [0.4, 0.5) is 24.8 Å². The number of nitrogens with zero attached hydrogens (tertiary/aromatic N) is 1. The number of aromatic nitrogens is 1. The maximum atomic E-state index is 12.7. The van der Waals surface area contributed by atoms with Crippen LogP contribution in [0.5, 0.6) is 0 Å². The van der Waals surface area contributed by atoms with Crippen molar-refractivity contribution in [3.05, 3.63) is 17.7 Å². The average molecular weight is 294 g/mol. The molecule has 1 atom stereocenters. The molecule has 1 heterocycles. The van der Waals surface area contributed by atoms with Crippen molar-refractivity contribution in [1.82, 2.24) is 4.98 Å². The lowest BCUT2D eigenvalue weighted by molar-refractivity contribution is -0.137. The summed E-state index contributed by atoms with van der Waals surface area (Å²) in [7, 11) is 0. The highest BCUT2D eigenvalue weighted by Crippen LogP contribution is 2.32. The number of nitrogen functional groups attached to an aromatic ring is 1. The van der Waals surface area contributed by atoms with Crippen LogP contribution in [0.1, 0.15) is 18.9 Å². The summed E-state index contributed by atoms with van der Waals surface area (Å²) in [4.78, 5) is 3.98.